The van der Waals surface area contributed by atoms with Gasteiger partial charge in [-0.15, -0.1) is 0 Å². The molecule has 1 N–H and O–H groups in total. The quantitative estimate of drug-likeness (QED) is 0.363. The third-order valence-corrected chi connectivity index (χ3v) is 5.34. The summed E-state index contributed by atoms with van der Waals surface area (Å²) in [6.07, 6.45) is 6.44. The van der Waals surface area contributed by atoms with Gasteiger partial charge in [-0.05, 0) is 55.0 Å². The highest BCUT2D eigenvalue weighted by atomic mass is 19.1. The first kappa shape index (κ1) is 19.7. The number of benzene rings is 1. The molecule has 0 saturated heterocycles. The molecule has 0 spiro atoms. The fourth-order valence-corrected chi connectivity index (χ4v) is 3.71. The lowest BCUT2D eigenvalue weighted by molar-refractivity contribution is 0.503. The second kappa shape index (κ2) is 8.04. The highest BCUT2D eigenvalue weighted by molar-refractivity contribution is 5.84. The van der Waals surface area contributed by atoms with E-state index < -0.39 is 0 Å². The number of aromatic nitrogens is 2. The van der Waals surface area contributed by atoms with Gasteiger partial charge in [0.25, 0.3) is 0 Å². The molecule has 0 aliphatic heterocycles. The van der Waals surface area contributed by atoms with E-state index in [4.69, 9.17) is 4.98 Å². The third-order valence-electron chi connectivity index (χ3n) is 5.34. The van der Waals surface area contributed by atoms with Crippen molar-refractivity contribution in [2.75, 3.05) is 0 Å². The Bertz CT molecular complexity index is 1190. The van der Waals surface area contributed by atoms with Crippen molar-refractivity contribution in [2.24, 2.45) is 0 Å². The molecular weight excluding hydrogens is 375 g/mol. The van der Waals surface area contributed by atoms with Crippen LogP contribution in [-0.2, 0) is 6.54 Å². The molecule has 1 aromatic heterocycles. The van der Waals surface area contributed by atoms with Crippen molar-refractivity contribution in [3.8, 4) is 0 Å². The van der Waals surface area contributed by atoms with Gasteiger partial charge in [0, 0.05) is 16.9 Å². The standard InChI is InChI=1S/C26H23FN2O/c1-4-18(15-22(27)5-2)26-28-24(20-13-14-20)25(17(3)30)29(26)16-21-11-8-10-19-9-6-7-12-23(19)21/h4-5,7-8,10-12,15,20,30H,1,3,13-14,16H2,2H3/b18-15+,22-5+. The molecule has 2 aromatic carbocycles. The normalized spacial score (nSPS) is 14.6. The molecule has 150 valence electrons. The van der Waals surface area contributed by atoms with Gasteiger partial charge in [0.15, 0.2) is 0 Å². The average Bonchev–Trinajstić information content (AvgIpc) is 3.53. The third kappa shape index (κ3) is 3.67. The summed E-state index contributed by atoms with van der Waals surface area (Å²) in [6.45, 7) is 9.73. The molecule has 0 amide bonds. The summed E-state index contributed by atoms with van der Waals surface area (Å²) >= 11 is 0. The Morgan fingerprint density at radius 1 is 1.37 bits per heavy atom. The fraction of sp³-hybridized carbons (Fsp3) is 0.192. The Labute approximate surface area is 176 Å². The van der Waals surface area contributed by atoms with E-state index in [1.165, 1.54) is 12.2 Å². The van der Waals surface area contributed by atoms with Crippen molar-refractivity contribution in [1.29, 1.82) is 0 Å². The summed E-state index contributed by atoms with van der Waals surface area (Å²) in [7, 11) is 0. The van der Waals surface area contributed by atoms with E-state index in [0.29, 0.717) is 23.6 Å². The van der Waals surface area contributed by atoms with E-state index >= 15 is 0 Å². The average molecular weight is 398 g/mol. The summed E-state index contributed by atoms with van der Waals surface area (Å²) in [5.74, 6) is 0.451. The molecule has 1 heterocycles. The maximum absolute atomic E-state index is 14.1. The van der Waals surface area contributed by atoms with Gasteiger partial charge >= 0.3 is 0 Å². The number of nitrogens with zero attached hydrogens (tertiary/aromatic N) is 2. The largest absolute Gasteiger partial charge is 0.506 e. The Balaban J connectivity index is 1.93. The molecular formula is C26H23FN2O. The number of hydrogen-bond donors (Lipinski definition) is 1. The summed E-state index contributed by atoms with van der Waals surface area (Å²) in [6, 6.07) is 15.9. The first-order valence-corrected chi connectivity index (χ1v) is 9.98. The number of aliphatic hydroxyl groups is 1. The lowest BCUT2D eigenvalue weighted by atomic mass is 10.1. The van der Waals surface area contributed by atoms with Crippen LogP contribution in [0.2, 0.25) is 0 Å². The second-order valence-electron chi connectivity index (χ2n) is 7.43. The lowest BCUT2D eigenvalue weighted by Crippen LogP contribution is -2.09. The SMILES string of the molecule is C=C/C(=C\C(F)=C/C)c1nc(C2CC2)c(C(=C)O)n1Cc1cccc2c#cccc12. The van der Waals surface area contributed by atoms with Crippen LogP contribution < -0.4 is 0 Å². The van der Waals surface area contributed by atoms with Crippen molar-refractivity contribution in [3.63, 3.8) is 0 Å². The van der Waals surface area contributed by atoms with Crippen LogP contribution in [0.15, 0.2) is 67.5 Å². The van der Waals surface area contributed by atoms with E-state index in [9.17, 15) is 9.50 Å². The second-order valence-corrected chi connectivity index (χ2v) is 7.43. The zero-order valence-electron chi connectivity index (χ0n) is 17.0. The molecule has 4 rings (SSSR count). The summed E-state index contributed by atoms with van der Waals surface area (Å²) in [5, 5.41) is 12.5. The van der Waals surface area contributed by atoms with Crippen molar-refractivity contribution in [2.45, 2.75) is 32.2 Å². The van der Waals surface area contributed by atoms with Gasteiger partial charge in [-0.1, -0.05) is 49.6 Å². The van der Waals surface area contributed by atoms with Crippen molar-refractivity contribution >= 4 is 22.1 Å². The van der Waals surface area contributed by atoms with Crippen LogP contribution in [0.25, 0.3) is 22.1 Å². The minimum atomic E-state index is -0.368. The van der Waals surface area contributed by atoms with Gasteiger partial charge in [-0.3, -0.25) is 0 Å². The Kier molecular flexibility index (Phi) is 5.29. The summed E-state index contributed by atoms with van der Waals surface area (Å²) in [5.41, 5.74) is 3.01. The maximum atomic E-state index is 14.1. The molecule has 4 heteroatoms. The molecule has 3 nitrogen and oxygen atoms in total. The molecule has 0 unspecified atom stereocenters. The van der Waals surface area contributed by atoms with E-state index in [0.717, 1.165) is 34.9 Å². The van der Waals surface area contributed by atoms with Crippen LogP contribution >= 0.6 is 0 Å². The Hall–Kier alpha value is -3.58. The predicted molar refractivity (Wildman–Crippen MR) is 120 cm³/mol. The smallest absolute Gasteiger partial charge is 0.141 e. The number of imidazole rings is 1. The van der Waals surface area contributed by atoms with E-state index in [1.807, 2.05) is 34.9 Å². The van der Waals surface area contributed by atoms with Gasteiger partial charge in [0.1, 0.15) is 23.1 Å². The van der Waals surface area contributed by atoms with Gasteiger partial charge < -0.3 is 9.67 Å². The molecule has 1 fully saturated rings. The van der Waals surface area contributed by atoms with Gasteiger partial charge in [-0.2, -0.15) is 0 Å². The van der Waals surface area contributed by atoms with Crippen LogP contribution in [-0.4, -0.2) is 14.7 Å². The number of allylic oxidation sites excluding steroid dienone is 5. The minimum Gasteiger partial charge on any atom is -0.506 e. The molecule has 30 heavy (non-hydrogen) atoms. The van der Waals surface area contributed by atoms with E-state index in [1.54, 1.807) is 13.0 Å². The number of rotatable bonds is 7. The van der Waals surface area contributed by atoms with Crippen LogP contribution in [0.1, 0.15) is 48.5 Å². The molecule has 3 aromatic rings. The maximum Gasteiger partial charge on any atom is 0.141 e. The van der Waals surface area contributed by atoms with Gasteiger partial charge in [-0.25, -0.2) is 9.37 Å². The summed E-state index contributed by atoms with van der Waals surface area (Å²) < 4.78 is 16.0. The van der Waals surface area contributed by atoms with Gasteiger partial charge in [0.05, 0.1) is 12.2 Å². The van der Waals surface area contributed by atoms with Gasteiger partial charge in [0.2, 0.25) is 0 Å². The number of aliphatic hydroxyl groups excluding tert-OH is 1. The van der Waals surface area contributed by atoms with E-state index in [2.05, 4.69) is 25.3 Å². The van der Waals surface area contributed by atoms with E-state index in [-0.39, 0.29) is 17.5 Å². The topological polar surface area (TPSA) is 38.1 Å². The first-order valence-electron chi connectivity index (χ1n) is 9.98. The van der Waals surface area contributed by atoms with Crippen LogP contribution in [0, 0.1) is 12.1 Å². The van der Waals surface area contributed by atoms with Crippen molar-refractivity contribution < 1.29 is 9.50 Å². The zero-order chi connectivity index (χ0) is 21.3. The first-order chi connectivity index (χ1) is 14.5. The molecule has 0 radical (unpaired) electrons. The highest BCUT2D eigenvalue weighted by Crippen LogP contribution is 2.43. The van der Waals surface area contributed by atoms with Crippen LogP contribution in [0.3, 0.4) is 0 Å². The molecule has 0 atom stereocenters. The molecule has 1 aliphatic carbocycles. The number of hydrogen-bond acceptors (Lipinski definition) is 2. The van der Waals surface area contributed by atoms with Crippen molar-refractivity contribution in [1.82, 2.24) is 9.55 Å². The molecule has 1 saturated carbocycles. The predicted octanol–water partition coefficient (Wildman–Crippen LogP) is 6.53. The number of halogens is 1. The highest BCUT2D eigenvalue weighted by Gasteiger charge is 2.33. The van der Waals surface area contributed by atoms with Crippen LogP contribution in [0.4, 0.5) is 4.39 Å². The Morgan fingerprint density at radius 2 is 2.17 bits per heavy atom. The minimum absolute atomic E-state index is 0.0364. The van der Waals surface area contributed by atoms with Crippen LogP contribution in [0.5, 0.6) is 0 Å². The zero-order valence-corrected chi connectivity index (χ0v) is 17.0. The molecule has 0 bridgehead atoms. The fourth-order valence-electron chi connectivity index (χ4n) is 3.71. The summed E-state index contributed by atoms with van der Waals surface area (Å²) in [4.78, 5) is 4.82. The van der Waals surface area contributed by atoms with Crippen molar-refractivity contribution in [3.05, 3.63) is 102 Å². The monoisotopic (exact) mass is 398 g/mol. The lowest BCUT2D eigenvalue weighted by Gasteiger charge is -2.14. The molecule has 1 aliphatic rings. The number of fused-ring (bicyclic) bond motifs is 1. The Morgan fingerprint density at radius 3 is 2.83 bits per heavy atom.